The zero-order chi connectivity index (χ0) is 10.9. The molecule has 0 radical (unpaired) electrons. The number of nitriles is 1. The smallest absolute Gasteiger partial charge is 0.207 e. The highest BCUT2D eigenvalue weighted by molar-refractivity contribution is 8.13. The predicted molar refractivity (Wildman–Crippen MR) is 49.2 cm³/mol. The van der Waals surface area contributed by atoms with E-state index >= 15 is 0 Å². The molecule has 0 aromatic heterocycles. The van der Waals surface area contributed by atoms with Crippen LogP contribution in [-0.2, 0) is 9.05 Å². The minimum atomic E-state index is -4.09. The van der Waals surface area contributed by atoms with E-state index in [1.807, 2.05) is 0 Å². The van der Waals surface area contributed by atoms with Crippen LogP contribution in [0.4, 0.5) is 4.39 Å². The van der Waals surface area contributed by atoms with Crippen LogP contribution >= 0.6 is 22.3 Å². The first-order chi connectivity index (χ1) is 6.38. The molecule has 0 spiro atoms. The summed E-state index contributed by atoms with van der Waals surface area (Å²) in [5.41, 5.74) is -0.334. The molecule has 74 valence electrons. The van der Waals surface area contributed by atoms with Crippen LogP contribution in [0.25, 0.3) is 0 Å². The average Bonchev–Trinajstić information content (AvgIpc) is 2.07. The molecular formula is C7H2Cl2FNO2S. The molecule has 0 N–H and O–H groups in total. The van der Waals surface area contributed by atoms with Gasteiger partial charge in [-0.3, -0.25) is 0 Å². The molecule has 0 unspecified atom stereocenters. The fourth-order valence-corrected chi connectivity index (χ4v) is 2.31. The van der Waals surface area contributed by atoms with Gasteiger partial charge in [-0.05, 0) is 12.1 Å². The van der Waals surface area contributed by atoms with Gasteiger partial charge in [0.1, 0.15) is 11.0 Å². The summed E-state index contributed by atoms with van der Waals surface area (Å²) in [4.78, 5) is -0.544. The molecule has 7 heteroatoms. The van der Waals surface area contributed by atoms with E-state index < -0.39 is 24.8 Å². The van der Waals surface area contributed by atoms with Crippen LogP contribution in [-0.4, -0.2) is 8.42 Å². The van der Waals surface area contributed by atoms with Crippen molar-refractivity contribution >= 4 is 31.3 Å². The van der Waals surface area contributed by atoms with Crippen LogP contribution in [0.2, 0.25) is 5.02 Å². The summed E-state index contributed by atoms with van der Waals surface area (Å²) in [7, 11) is 0.879. The third-order valence-corrected chi connectivity index (χ3v) is 3.28. The molecule has 0 saturated carbocycles. The molecule has 0 aliphatic rings. The first-order valence-corrected chi connectivity index (χ1v) is 5.89. The fraction of sp³-hybridized carbons (Fsp3) is 0. The molecule has 1 aromatic rings. The lowest BCUT2D eigenvalue weighted by Gasteiger charge is -2.01. The van der Waals surface area contributed by atoms with E-state index in [1.165, 1.54) is 6.07 Å². The van der Waals surface area contributed by atoms with Crippen molar-refractivity contribution in [2.45, 2.75) is 4.90 Å². The lowest BCUT2D eigenvalue weighted by molar-refractivity contribution is 0.601. The summed E-state index contributed by atoms with van der Waals surface area (Å²) in [5, 5.41) is 7.74. The van der Waals surface area contributed by atoms with E-state index in [0.717, 1.165) is 12.1 Å². The number of hydrogen-bond acceptors (Lipinski definition) is 3. The zero-order valence-electron chi connectivity index (χ0n) is 6.46. The molecule has 0 amide bonds. The first kappa shape index (κ1) is 11.2. The van der Waals surface area contributed by atoms with Gasteiger partial charge in [0.15, 0.2) is 5.82 Å². The Morgan fingerprint density at radius 1 is 1.43 bits per heavy atom. The number of rotatable bonds is 1. The normalized spacial score (nSPS) is 11.0. The van der Waals surface area contributed by atoms with Crippen molar-refractivity contribution in [1.82, 2.24) is 0 Å². The number of halogens is 3. The second-order valence-electron chi connectivity index (χ2n) is 2.29. The monoisotopic (exact) mass is 253 g/mol. The van der Waals surface area contributed by atoms with Crippen LogP contribution in [0.1, 0.15) is 5.56 Å². The second kappa shape index (κ2) is 3.73. The molecule has 0 bridgehead atoms. The van der Waals surface area contributed by atoms with Gasteiger partial charge in [-0.1, -0.05) is 11.6 Å². The SMILES string of the molecule is N#Cc1ccc(S(=O)(=O)Cl)c(Cl)c1F. The third kappa shape index (κ3) is 1.98. The van der Waals surface area contributed by atoms with E-state index in [9.17, 15) is 12.8 Å². The highest BCUT2D eigenvalue weighted by Gasteiger charge is 2.19. The summed E-state index contributed by atoms with van der Waals surface area (Å²) in [6.45, 7) is 0. The van der Waals surface area contributed by atoms with Crippen LogP contribution in [0.5, 0.6) is 0 Å². The second-order valence-corrected chi connectivity index (χ2v) is 5.20. The van der Waals surface area contributed by atoms with Crippen molar-refractivity contribution in [3.05, 3.63) is 28.5 Å². The molecule has 0 aliphatic carbocycles. The Balaban J connectivity index is 3.57. The minimum absolute atomic E-state index is 0.334. The van der Waals surface area contributed by atoms with E-state index in [1.54, 1.807) is 0 Å². The summed E-state index contributed by atoms with van der Waals surface area (Å²) in [6.07, 6.45) is 0. The highest BCUT2D eigenvalue weighted by atomic mass is 35.7. The standard InChI is InChI=1S/C7H2Cl2FNO2S/c8-6-5(14(9,12)13)2-1-4(3-11)7(6)10/h1-2H. The summed E-state index contributed by atoms with van der Waals surface area (Å²) >= 11 is 5.37. The van der Waals surface area contributed by atoms with E-state index in [0.29, 0.717) is 0 Å². The van der Waals surface area contributed by atoms with Gasteiger partial charge in [0.2, 0.25) is 0 Å². The van der Waals surface area contributed by atoms with E-state index in [4.69, 9.17) is 27.5 Å². The summed E-state index contributed by atoms with van der Waals surface area (Å²) in [6, 6.07) is 3.49. The fourth-order valence-electron chi connectivity index (χ4n) is 0.806. The third-order valence-electron chi connectivity index (χ3n) is 1.43. The number of nitrogens with zero attached hydrogens (tertiary/aromatic N) is 1. The van der Waals surface area contributed by atoms with Crippen molar-refractivity contribution in [1.29, 1.82) is 5.26 Å². The maximum atomic E-state index is 13.1. The molecule has 1 rings (SSSR count). The number of benzene rings is 1. The van der Waals surface area contributed by atoms with Gasteiger partial charge in [0, 0.05) is 10.7 Å². The highest BCUT2D eigenvalue weighted by Crippen LogP contribution is 2.28. The quantitative estimate of drug-likeness (QED) is 0.722. The Morgan fingerprint density at radius 3 is 2.43 bits per heavy atom. The van der Waals surface area contributed by atoms with Crippen LogP contribution < -0.4 is 0 Å². The Morgan fingerprint density at radius 2 is 2.00 bits per heavy atom. The Hall–Kier alpha value is -0.830. The van der Waals surface area contributed by atoms with Crippen molar-refractivity contribution < 1.29 is 12.8 Å². The molecule has 0 heterocycles. The number of hydrogen-bond donors (Lipinski definition) is 0. The van der Waals surface area contributed by atoms with Gasteiger partial charge >= 0.3 is 0 Å². The summed E-state index contributed by atoms with van der Waals surface area (Å²) in [5.74, 6) is -1.09. The largest absolute Gasteiger partial charge is 0.262 e. The molecule has 0 atom stereocenters. The van der Waals surface area contributed by atoms with Crippen LogP contribution in [0, 0.1) is 17.1 Å². The molecule has 1 aromatic carbocycles. The van der Waals surface area contributed by atoms with E-state index in [2.05, 4.69) is 0 Å². The van der Waals surface area contributed by atoms with Gasteiger partial charge in [0.25, 0.3) is 9.05 Å². The lowest BCUT2D eigenvalue weighted by Crippen LogP contribution is -1.96. The molecule has 0 saturated heterocycles. The average molecular weight is 254 g/mol. The lowest BCUT2D eigenvalue weighted by atomic mass is 10.2. The van der Waals surface area contributed by atoms with Crippen molar-refractivity contribution in [3.8, 4) is 6.07 Å². The van der Waals surface area contributed by atoms with E-state index in [-0.39, 0.29) is 5.56 Å². The molecule has 0 fully saturated rings. The topological polar surface area (TPSA) is 57.9 Å². The van der Waals surface area contributed by atoms with Gasteiger partial charge < -0.3 is 0 Å². The molecule has 3 nitrogen and oxygen atoms in total. The summed E-state index contributed by atoms with van der Waals surface area (Å²) < 4.78 is 34.8. The maximum Gasteiger partial charge on any atom is 0.262 e. The van der Waals surface area contributed by atoms with Gasteiger partial charge in [-0.2, -0.15) is 5.26 Å². The Bertz CT molecular complexity index is 521. The van der Waals surface area contributed by atoms with Crippen molar-refractivity contribution in [3.63, 3.8) is 0 Å². The molecule has 14 heavy (non-hydrogen) atoms. The predicted octanol–water partition coefficient (Wildman–Crippen LogP) is 2.28. The molecule has 0 aliphatic heterocycles. The Kier molecular flexibility index (Phi) is 3.00. The maximum absolute atomic E-state index is 13.1. The van der Waals surface area contributed by atoms with Gasteiger partial charge in [-0.15, -0.1) is 0 Å². The van der Waals surface area contributed by atoms with Crippen molar-refractivity contribution in [2.24, 2.45) is 0 Å². The van der Waals surface area contributed by atoms with Crippen LogP contribution in [0.15, 0.2) is 17.0 Å². The van der Waals surface area contributed by atoms with Crippen molar-refractivity contribution in [2.75, 3.05) is 0 Å². The Labute approximate surface area is 89.1 Å². The molecular weight excluding hydrogens is 252 g/mol. The van der Waals surface area contributed by atoms with Crippen LogP contribution in [0.3, 0.4) is 0 Å². The van der Waals surface area contributed by atoms with Gasteiger partial charge in [0.05, 0.1) is 10.6 Å². The first-order valence-electron chi connectivity index (χ1n) is 3.20. The minimum Gasteiger partial charge on any atom is -0.207 e. The van der Waals surface area contributed by atoms with Gasteiger partial charge in [-0.25, -0.2) is 12.8 Å². The zero-order valence-corrected chi connectivity index (χ0v) is 8.79.